The molecule has 124 valence electrons. The molecule has 1 aliphatic heterocycles. The second kappa shape index (κ2) is 6.42. The van der Waals surface area contributed by atoms with Gasteiger partial charge in [0.15, 0.2) is 0 Å². The van der Waals surface area contributed by atoms with Crippen LogP contribution in [0.3, 0.4) is 0 Å². The van der Waals surface area contributed by atoms with Crippen LogP contribution in [0.15, 0.2) is 36.7 Å². The lowest BCUT2D eigenvalue weighted by molar-refractivity contribution is 0.477. The molecule has 2 aromatic heterocycles. The Labute approximate surface area is 146 Å². The van der Waals surface area contributed by atoms with E-state index < -0.39 is 0 Å². The van der Waals surface area contributed by atoms with Crippen molar-refractivity contribution in [1.29, 1.82) is 0 Å². The molecule has 0 radical (unpaired) electrons. The van der Waals surface area contributed by atoms with Gasteiger partial charge in [0.1, 0.15) is 0 Å². The summed E-state index contributed by atoms with van der Waals surface area (Å²) in [5.41, 5.74) is 2.98. The number of anilines is 1. The monoisotopic (exact) mass is 341 g/mol. The highest BCUT2D eigenvalue weighted by molar-refractivity contribution is 6.33. The van der Waals surface area contributed by atoms with E-state index in [0.717, 1.165) is 48.1 Å². The molecule has 24 heavy (non-hydrogen) atoms. The maximum Gasteiger partial charge on any atom is 0.223 e. The first-order chi connectivity index (χ1) is 11.7. The number of aromatic nitrogens is 3. The van der Waals surface area contributed by atoms with Crippen LogP contribution >= 0.6 is 11.6 Å². The number of hydrogen-bond donors (Lipinski definition) is 2. The van der Waals surface area contributed by atoms with Crippen LogP contribution in [0.2, 0.25) is 5.02 Å². The second-order valence-corrected chi connectivity index (χ2v) is 6.64. The van der Waals surface area contributed by atoms with Crippen LogP contribution < -0.4 is 10.6 Å². The lowest BCUT2D eigenvalue weighted by Crippen LogP contribution is -2.35. The molecule has 0 aliphatic carbocycles. The molecule has 2 N–H and O–H groups in total. The minimum absolute atomic E-state index is 0.410. The number of fused-ring (bicyclic) bond motifs is 1. The van der Waals surface area contributed by atoms with Gasteiger partial charge in [0.05, 0.1) is 16.9 Å². The van der Waals surface area contributed by atoms with E-state index in [-0.39, 0.29) is 0 Å². The van der Waals surface area contributed by atoms with E-state index in [9.17, 15) is 0 Å². The predicted octanol–water partition coefficient (Wildman–Crippen LogP) is 3.45. The van der Waals surface area contributed by atoms with Gasteiger partial charge >= 0.3 is 0 Å². The molecule has 5 nitrogen and oxygen atoms in total. The SMILES string of the molecule is Cn1cc(-c2nc(NC3CCNCC3)ncc2Cl)c2ccccc21. The van der Waals surface area contributed by atoms with Crippen molar-refractivity contribution in [3.8, 4) is 11.3 Å². The maximum atomic E-state index is 6.41. The van der Waals surface area contributed by atoms with Crippen LogP contribution in [0, 0.1) is 0 Å². The number of piperidine rings is 1. The molecule has 0 spiro atoms. The summed E-state index contributed by atoms with van der Waals surface area (Å²) in [6.07, 6.45) is 5.92. The molecule has 0 unspecified atom stereocenters. The zero-order valence-electron chi connectivity index (χ0n) is 13.6. The summed E-state index contributed by atoms with van der Waals surface area (Å²) in [5, 5.41) is 8.53. The molecule has 0 amide bonds. The Morgan fingerprint density at radius 3 is 2.88 bits per heavy atom. The molecule has 1 aromatic carbocycles. The molecule has 0 atom stereocenters. The van der Waals surface area contributed by atoms with E-state index in [1.807, 2.05) is 19.2 Å². The van der Waals surface area contributed by atoms with Crippen LogP contribution in [0.5, 0.6) is 0 Å². The first-order valence-corrected chi connectivity index (χ1v) is 8.64. The summed E-state index contributed by atoms with van der Waals surface area (Å²) in [4.78, 5) is 9.08. The van der Waals surface area contributed by atoms with Crippen LogP contribution in [-0.2, 0) is 7.05 Å². The molecule has 6 heteroatoms. The van der Waals surface area contributed by atoms with Crippen molar-refractivity contribution in [2.24, 2.45) is 7.05 Å². The molecule has 3 heterocycles. The fourth-order valence-corrected chi connectivity index (χ4v) is 3.50. The summed E-state index contributed by atoms with van der Waals surface area (Å²) in [6.45, 7) is 2.06. The largest absolute Gasteiger partial charge is 0.351 e. The second-order valence-electron chi connectivity index (χ2n) is 6.23. The lowest BCUT2D eigenvalue weighted by Gasteiger charge is -2.23. The van der Waals surface area contributed by atoms with Crippen molar-refractivity contribution < 1.29 is 0 Å². The molecule has 3 aromatic rings. The average molecular weight is 342 g/mol. The van der Waals surface area contributed by atoms with Crippen molar-refractivity contribution in [3.05, 3.63) is 41.7 Å². The van der Waals surface area contributed by atoms with Gasteiger partial charge < -0.3 is 15.2 Å². The van der Waals surface area contributed by atoms with Gasteiger partial charge in [-0.2, -0.15) is 0 Å². The lowest BCUT2D eigenvalue weighted by atomic mass is 10.1. The Kier molecular flexibility index (Phi) is 4.12. The number of hydrogen-bond acceptors (Lipinski definition) is 4. The molecule has 0 saturated carbocycles. The third-order valence-electron chi connectivity index (χ3n) is 4.57. The van der Waals surface area contributed by atoms with E-state index in [1.54, 1.807) is 6.20 Å². The number of nitrogens with one attached hydrogen (secondary N) is 2. The predicted molar refractivity (Wildman–Crippen MR) is 98.5 cm³/mol. The van der Waals surface area contributed by atoms with Gasteiger partial charge in [0.25, 0.3) is 0 Å². The Morgan fingerprint density at radius 1 is 1.25 bits per heavy atom. The quantitative estimate of drug-likeness (QED) is 0.766. The maximum absolute atomic E-state index is 6.41. The summed E-state index contributed by atoms with van der Waals surface area (Å²) in [6, 6.07) is 8.69. The highest BCUT2D eigenvalue weighted by atomic mass is 35.5. The van der Waals surface area contributed by atoms with Gasteiger partial charge in [-0.25, -0.2) is 9.97 Å². The third-order valence-corrected chi connectivity index (χ3v) is 4.85. The van der Waals surface area contributed by atoms with E-state index in [0.29, 0.717) is 17.0 Å². The zero-order chi connectivity index (χ0) is 16.5. The number of nitrogens with zero attached hydrogens (tertiary/aromatic N) is 3. The van der Waals surface area contributed by atoms with Crippen molar-refractivity contribution in [3.63, 3.8) is 0 Å². The Bertz CT molecular complexity index is 867. The molecular formula is C18H20ClN5. The van der Waals surface area contributed by atoms with Crippen LogP contribution in [-0.4, -0.2) is 33.7 Å². The van der Waals surface area contributed by atoms with Crippen LogP contribution in [0.4, 0.5) is 5.95 Å². The van der Waals surface area contributed by atoms with E-state index in [1.165, 1.54) is 0 Å². The van der Waals surface area contributed by atoms with Gasteiger partial charge in [-0.1, -0.05) is 29.8 Å². The summed E-state index contributed by atoms with van der Waals surface area (Å²) >= 11 is 6.41. The number of aryl methyl sites for hydroxylation is 1. The Balaban J connectivity index is 1.72. The van der Waals surface area contributed by atoms with E-state index in [4.69, 9.17) is 16.6 Å². The van der Waals surface area contributed by atoms with E-state index >= 15 is 0 Å². The number of halogens is 1. The summed E-state index contributed by atoms with van der Waals surface area (Å²) < 4.78 is 2.10. The minimum Gasteiger partial charge on any atom is -0.351 e. The summed E-state index contributed by atoms with van der Waals surface area (Å²) in [5.74, 6) is 0.647. The standard InChI is InChI=1S/C18H20ClN5/c1-24-11-14(13-4-2-3-5-16(13)24)17-15(19)10-21-18(23-17)22-12-6-8-20-9-7-12/h2-5,10-12,20H,6-9H2,1H3,(H,21,22,23). The van der Waals surface area contributed by atoms with Crippen LogP contribution in [0.25, 0.3) is 22.2 Å². The van der Waals surface area contributed by atoms with Crippen molar-refractivity contribution in [2.45, 2.75) is 18.9 Å². The van der Waals surface area contributed by atoms with E-state index in [2.05, 4.69) is 38.5 Å². The fraction of sp³-hybridized carbons (Fsp3) is 0.333. The topological polar surface area (TPSA) is 54.8 Å². The fourth-order valence-electron chi connectivity index (χ4n) is 3.30. The molecule has 1 fully saturated rings. The third kappa shape index (κ3) is 2.85. The molecular weight excluding hydrogens is 322 g/mol. The molecule has 1 saturated heterocycles. The molecule has 4 rings (SSSR count). The van der Waals surface area contributed by atoms with Gasteiger partial charge in [0.2, 0.25) is 5.95 Å². The smallest absolute Gasteiger partial charge is 0.223 e. The highest BCUT2D eigenvalue weighted by Crippen LogP contribution is 2.33. The Hall–Kier alpha value is -2.11. The van der Waals surface area contributed by atoms with Crippen molar-refractivity contribution in [1.82, 2.24) is 19.9 Å². The molecule has 1 aliphatic rings. The number of benzene rings is 1. The van der Waals surface area contributed by atoms with Gasteiger partial charge in [-0.3, -0.25) is 0 Å². The first-order valence-electron chi connectivity index (χ1n) is 8.26. The van der Waals surface area contributed by atoms with Gasteiger partial charge in [-0.15, -0.1) is 0 Å². The normalized spacial score (nSPS) is 15.8. The average Bonchev–Trinajstić information content (AvgIpc) is 2.95. The van der Waals surface area contributed by atoms with Crippen molar-refractivity contribution in [2.75, 3.05) is 18.4 Å². The highest BCUT2D eigenvalue weighted by Gasteiger charge is 2.17. The van der Waals surface area contributed by atoms with Gasteiger partial charge in [-0.05, 0) is 32.0 Å². The number of rotatable bonds is 3. The van der Waals surface area contributed by atoms with Gasteiger partial charge in [0, 0.05) is 35.8 Å². The van der Waals surface area contributed by atoms with Crippen LogP contribution in [0.1, 0.15) is 12.8 Å². The minimum atomic E-state index is 0.410. The molecule has 0 bridgehead atoms. The van der Waals surface area contributed by atoms with Crippen molar-refractivity contribution >= 4 is 28.5 Å². The number of para-hydroxylation sites is 1. The first kappa shape index (κ1) is 15.4. The zero-order valence-corrected chi connectivity index (χ0v) is 14.3. The summed E-state index contributed by atoms with van der Waals surface area (Å²) in [7, 11) is 2.04. The Morgan fingerprint density at radius 2 is 2.04 bits per heavy atom.